The normalized spacial score (nSPS) is 16.9. The summed E-state index contributed by atoms with van der Waals surface area (Å²) in [5.41, 5.74) is 4.62. The summed E-state index contributed by atoms with van der Waals surface area (Å²) in [4.78, 5) is 0. The molecule has 0 spiro atoms. The SMILES string of the molecule is C1=C2CCC(=C1)C2.Cc1ccccc1. The van der Waals surface area contributed by atoms with Crippen LogP contribution in [0.1, 0.15) is 24.8 Å². The molecule has 1 aromatic carbocycles. The molecule has 0 heterocycles. The fourth-order valence-corrected chi connectivity index (χ4v) is 1.84. The molecule has 0 unspecified atom stereocenters. The smallest absolute Gasteiger partial charge is 0.0102 e. The minimum Gasteiger partial charge on any atom is -0.0658 e. The number of hydrogen-bond donors (Lipinski definition) is 0. The number of fused-ring (bicyclic) bond motifs is 2. The Morgan fingerprint density at radius 2 is 1.43 bits per heavy atom. The van der Waals surface area contributed by atoms with Gasteiger partial charge in [0.2, 0.25) is 0 Å². The van der Waals surface area contributed by atoms with E-state index in [4.69, 9.17) is 0 Å². The monoisotopic (exact) mass is 184 g/mol. The number of benzene rings is 1. The molecule has 14 heavy (non-hydrogen) atoms. The maximum Gasteiger partial charge on any atom is -0.0102 e. The number of allylic oxidation sites excluding steroid dienone is 4. The molecule has 0 heteroatoms. The average Bonchev–Trinajstić information content (AvgIpc) is 2.83. The van der Waals surface area contributed by atoms with E-state index in [2.05, 4.69) is 31.2 Å². The molecule has 2 aliphatic carbocycles. The van der Waals surface area contributed by atoms with Crippen LogP contribution in [0.25, 0.3) is 0 Å². The summed E-state index contributed by atoms with van der Waals surface area (Å²) >= 11 is 0. The van der Waals surface area contributed by atoms with E-state index in [-0.39, 0.29) is 0 Å². The number of hydrogen-bond acceptors (Lipinski definition) is 0. The first-order valence-electron chi connectivity index (χ1n) is 5.24. The maximum atomic E-state index is 2.26. The van der Waals surface area contributed by atoms with Crippen molar-refractivity contribution >= 4 is 0 Å². The highest BCUT2D eigenvalue weighted by Gasteiger charge is 2.14. The first-order valence-corrected chi connectivity index (χ1v) is 5.24. The lowest BCUT2D eigenvalue weighted by atomic mass is 10.2. The minimum atomic E-state index is 1.31. The van der Waals surface area contributed by atoms with Gasteiger partial charge in [0.05, 0.1) is 0 Å². The lowest BCUT2D eigenvalue weighted by molar-refractivity contribution is 1.04. The third-order valence-corrected chi connectivity index (χ3v) is 2.72. The predicted molar refractivity (Wildman–Crippen MR) is 61.2 cm³/mol. The van der Waals surface area contributed by atoms with Crippen LogP contribution in [0.2, 0.25) is 0 Å². The summed E-state index contributed by atoms with van der Waals surface area (Å²) < 4.78 is 0. The van der Waals surface area contributed by atoms with Crippen LogP contribution in [-0.4, -0.2) is 0 Å². The maximum absolute atomic E-state index is 2.26. The van der Waals surface area contributed by atoms with Gasteiger partial charge in [-0.3, -0.25) is 0 Å². The van der Waals surface area contributed by atoms with Gasteiger partial charge in [-0.05, 0) is 26.2 Å². The summed E-state index contributed by atoms with van der Waals surface area (Å²) in [7, 11) is 0. The Morgan fingerprint density at radius 1 is 0.857 bits per heavy atom. The molecule has 2 bridgehead atoms. The van der Waals surface area contributed by atoms with Crippen molar-refractivity contribution in [1.29, 1.82) is 0 Å². The third-order valence-electron chi connectivity index (χ3n) is 2.72. The van der Waals surface area contributed by atoms with Crippen molar-refractivity contribution in [2.45, 2.75) is 26.2 Å². The first kappa shape index (κ1) is 9.26. The molecule has 0 aliphatic heterocycles. The molecule has 2 aliphatic rings. The second-order valence-electron chi connectivity index (χ2n) is 3.98. The molecular weight excluding hydrogens is 168 g/mol. The highest BCUT2D eigenvalue weighted by Crippen LogP contribution is 2.34. The lowest BCUT2D eigenvalue weighted by Gasteiger charge is -1.87. The van der Waals surface area contributed by atoms with E-state index in [1.807, 2.05) is 18.2 Å². The van der Waals surface area contributed by atoms with Crippen LogP contribution < -0.4 is 0 Å². The summed E-state index contributed by atoms with van der Waals surface area (Å²) in [6.07, 6.45) is 8.54. The lowest BCUT2D eigenvalue weighted by Crippen LogP contribution is -1.67. The molecule has 1 aromatic rings. The van der Waals surface area contributed by atoms with Crippen LogP contribution in [-0.2, 0) is 0 Å². The van der Waals surface area contributed by atoms with E-state index in [9.17, 15) is 0 Å². The highest BCUT2D eigenvalue weighted by molar-refractivity contribution is 5.36. The molecule has 1 saturated carbocycles. The second kappa shape index (κ2) is 4.28. The van der Waals surface area contributed by atoms with Crippen molar-refractivity contribution in [3.63, 3.8) is 0 Å². The Morgan fingerprint density at radius 3 is 1.64 bits per heavy atom. The van der Waals surface area contributed by atoms with Crippen molar-refractivity contribution < 1.29 is 0 Å². The van der Waals surface area contributed by atoms with E-state index >= 15 is 0 Å². The molecule has 0 saturated heterocycles. The van der Waals surface area contributed by atoms with Crippen molar-refractivity contribution in [1.82, 2.24) is 0 Å². The third kappa shape index (κ3) is 2.35. The van der Waals surface area contributed by atoms with Crippen molar-refractivity contribution in [3.05, 3.63) is 59.2 Å². The van der Waals surface area contributed by atoms with E-state index in [0.29, 0.717) is 0 Å². The van der Waals surface area contributed by atoms with Crippen molar-refractivity contribution in [2.75, 3.05) is 0 Å². The summed E-state index contributed by atoms with van der Waals surface area (Å²) in [6, 6.07) is 10.3. The molecular formula is C14H16. The zero-order valence-corrected chi connectivity index (χ0v) is 8.66. The van der Waals surface area contributed by atoms with Gasteiger partial charge in [0, 0.05) is 0 Å². The Labute approximate surface area is 86.0 Å². The van der Waals surface area contributed by atoms with Crippen LogP contribution in [0.3, 0.4) is 0 Å². The molecule has 0 N–H and O–H groups in total. The van der Waals surface area contributed by atoms with E-state index in [1.165, 1.54) is 24.8 Å². The Kier molecular flexibility index (Phi) is 2.83. The van der Waals surface area contributed by atoms with Gasteiger partial charge in [0.15, 0.2) is 0 Å². The number of aryl methyl sites for hydroxylation is 1. The highest BCUT2D eigenvalue weighted by atomic mass is 14.2. The fourth-order valence-electron chi connectivity index (χ4n) is 1.84. The quantitative estimate of drug-likeness (QED) is 0.571. The van der Waals surface area contributed by atoms with Crippen LogP contribution in [0.15, 0.2) is 53.6 Å². The van der Waals surface area contributed by atoms with Crippen LogP contribution in [0, 0.1) is 6.92 Å². The van der Waals surface area contributed by atoms with Gasteiger partial charge in [0.1, 0.15) is 0 Å². The Bertz CT molecular complexity index is 337. The van der Waals surface area contributed by atoms with E-state index < -0.39 is 0 Å². The van der Waals surface area contributed by atoms with Crippen molar-refractivity contribution in [3.8, 4) is 0 Å². The van der Waals surface area contributed by atoms with Gasteiger partial charge < -0.3 is 0 Å². The predicted octanol–water partition coefficient (Wildman–Crippen LogP) is 4.03. The first-order chi connectivity index (χ1) is 6.84. The Balaban J connectivity index is 0.000000107. The largest absolute Gasteiger partial charge is 0.0658 e. The van der Waals surface area contributed by atoms with Crippen LogP contribution in [0.5, 0.6) is 0 Å². The minimum absolute atomic E-state index is 1.31. The zero-order chi connectivity index (χ0) is 9.80. The van der Waals surface area contributed by atoms with Gasteiger partial charge in [-0.1, -0.05) is 59.2 Å². The van der Waals surface area contributed by atoms with Crippen molar-refractivity contribution in [2.24, 2.45) is 0 Å². The molecule has 0 amide bonds. The van der Waals surface area contributed by atoms with Crippen LogP contribution in [0.4, 0.5) is 0 Å². The second-order valence-corrected chi connectivity index (χ2v) is 3.98. The topological polar surface area (TPSA) is 0 Å². The van der Waals surface area contributed by atoms with Gasteiger partial charge in [-0.25, -0.2) is 0 Å². The average molecular weight is 184 g/mol. The summed E-state index contributed by atoms with van der Waals surface area (Å²) in [5, 5.41) is 0. The summed E-state index contributed by atoms with van der Waals surface area (Å²) in [6.45, 7) is 2.08. The molecule has 3 rings (SSSR count). The van der Waals surface area contributed by atoms with Crippen LogP contribution >= 0.6 is 0 Å². The zero-order valence-electron chi connectivity index (χ0n) is 8.66. The fraction of sp³-hybridized carbons (Fsp3) is 0.286. The standard InChI is InChI=1S/2C7H8/c1-2-7-4-3-6(1)5-7;1-7-5-3-2-4-6-7/h1-2H,3-5H2;2-6H,1H3. The van der Waals surface area contributed by atoms with Gasteiger partial charge in [-0.15, -0.1) is 0 Å². The molecule has 0 radical (unpaired) electrons. The summed E-state index contributed by atoms with van der Waals surface area (Å²) in [5.74, 6) is 0. The Hall–Kier alpha value is -1.30. The van der Waals surface area contributed by atoms with Gasteiger partial charge in [-0.2, -0.15) is 0 Å². The van der Waals surface area contributed by atoms with E-state index in [1.54, 1.807) is 11.1 Å². The van der Waals surface area contributed by atoms with Gasteiger partial charge >= 0.3 is 0 Å². The number of rotatable bonds is 0. The van der Waals surface area contributed by atoms with E-state index in [0.717, 1.165) is 0 Å². The molecule has 0 atom stereocenters. The molecule has 0 aromatic heterocycles. The molecule has 1 fully saturated rings. The van der Waals surface area contributed by atoms with Gasteiger partial charge in [0.25, 0.3) is 0 Å². The molecule has 0 nitrogen and oxygen atoms in total. The molecule has 72 valence electrons.